The number of hydrogen-bond donors (Lipinski definition) is 0. The molecule has 0 aromatic heterocycles. The first kappa shape index (κ1) is 18.8. The molecule has 1 heterocycles. The van der Waals surface area contributed by atoms with Crippen molar-refractivity contribution in [3.63, 3.8) is 0 Å². The number of rotatable bonds is 7. The second-order valence-electron chi connectivity index (χ2n) is 5.75. The SMILES string of the molecule is CCOc1ccc(/C=C2/SC(=S)N(CC(C)C)C2=O)c(OCC)c1. The lowest BCUT2D eigenvalue weighted by Gasteiger charge is -2.16. The quantitative estimate of drug-likeness (QED) is 0.531. The van der Waals surface area contributed by atoms with Crippen LogP contribution in [0.2, 0.25) is 0 Å². The van der Waals surface area contributed by atoms with E-state index >= 15 is 0 Å². The maximum atomic E-state index is 12.6. The van der Waals surface area contributed by atoms with Gasteiger partial charge in [0.2, 0.25) is 0 Å². The Hall–Kier alpha value is -1.53. The summed E-state index contributed by atoms with van der Waals surface area (Å²) >= 11 is 6.69. The van der Waals surface area contributed by atoms with E-state index < -0.39 is 0 Å². The predicted octanol–water partition coefficient (Wildman–Crippen LogP) is 4.34. The average molecular weight is 366 g/mol. The van der Waals surface area contributed by atoms with E-state index in [1.807, 2.05) is 38.1 Å². The lowest BCUT2D eigenvalue weighted by molar-refractivity contribution is -0.122. The molecular weight excluding hydrogens is 342 g/mol. The van der Waals surface area contributed by atoms with Crippen molar-refractivity contribution in [2.45, 2.75) is 27.7 Å². The van der Waals surface area contributed by atoms with Crippen LogP contribution in [0.15, 0.2) is 23.1 Å². The maximum Gasteiger partial charge on any atom is 0.266 e. The van der Waals surface area contributed by atoms with E-state index in [2.05, 4.69) is 13.8 Å². The molecule has 0 saturated carbocycles. The number of carbonyl (C=O) groups is 1. The molecule has 0 unspecified atom stereocenters. The van der Waals surface area contributed by atoms with E-state index in [1.165, 1.54) is 11.8 Å². The molecule has 0 bridgehead atoms. The Labute approximate surface area is 153 Å². The van der Waals surface area contributed by atoms with Crippen molar-refractivity contribution < 1.29 is 14.3 Å². The van der Waals surface area contributed by atoms with Gasteiger partial charge in [0.1, 0.15) is 15.8 Å². The van der Waals surface area contributed by atoms with Crippen molar-refractivity contribution >= 4 is 40.3 Å². The zero-order chi connectivity index (χ0) is 17.7. The molecule has 0 spiro atoms. The van der Waals surface area contributed by atoms with Crippen LogP contribution >= 0.6 is 24.0 Å². The van der Waals surface area contributed by atoms with Gasteiger partial charge in [-0.1, -0.05) is 37.8 Å². The van der Waals surface area contributed by atoms with Gasteiger partial charge < -0.3 is 9.47 Å². The van der Waals surface area contributed by atoms with Crippen molar-refractivity contribution in [2.24, 2.45) is 5.92 Å². The van der Waals surface area contributed by atoms with Gasteiger partial charge in [0.25, 0.3) is 5.91 Å². The topological polar surface area (TPSA) is 38.8 Å². The number of thioether (sulfide) groups is 1. The van der Waals surface area contributed by atoms with Crippen LogP contribution in [-0.2, 0) is 4.79 Å². The number of nitrogens with zero attached hydrogens (tertiary/aromatic N) is 1. The van der Waals surface area contributed by atoms with Crippen molar-refractivity contribution in [1.82, 2.24) is 4.90 Å². The lowest BCUT2D eigenvalue weighted by atomic mass is 10.1. The number of benzene rings is 1. The van der Waals surface area contributed by atoms with Gasteiger partial charge in [0, 0.05) is 18.2 Å². The third-order valence-electron chi connectivity index (χ3n) is 3.30. The molecule has 1 aliphatic heterocycles. The number of thiocarbonyl (C=S) groups is 1. The molecule has 4 nitrogen and oxygen atoms in total. The van der Waals surface area contributed by atoms with Crippen molar-refractivity contribution in [2.75, 3.05) is 19.8 Å². The molecule has 1 aromatic rings. The zero-order valence-electron chi connectivity index (χ0n) is 14.5. The minimum atomic E-state index is -0.0324. The van der Waals surface area contributed by atoms with E-state index in [-0.39, 0.29) is 5.91 Å². The molecule has 1 fully saturated rings. The molecule has 6 heteroatoms. The van der Waals surface area contributed by atoms with E-state index in [9.17, 15) is 4.79 Å². The summed E-state index contributed by atoms with van der Waals surface area (Å²) in [6.45, 7) is 9.80. The van der Waals surface area contributed by atoms with Crippen molar-refractivity contribution in [3.05, 3.63) is 28.7 Å². The van der Waals surface area contributed by atoms with Crippen LogP contribution in [0.25, 0.3) is 6.08 Å². The molecule has 1 saturated heterocycles. The van der Waals surface area contributed by atoms with Crippen LogP contribution in [0.4, 0.5) is 0 Å². The van der Waals surface area contributed by atoms with Crippen LogP contribution in [-0.4, -0.2) is 34.9 Å². The van der Waals surface area contributed by atoms with Crippen LogP contribution in [0.5, 0.6) is 11.5 Å². The Morgan fingerprint density at radius 3 is 2.58 bits per heavy atom. The van der Waals surface area contributed by atoms with Crippen LogP contribution in [0.3, 0.4) is 0 Å². The molecule has 1 aromatic carbocycles. The van der Waals surface area contributed by atoms with Gasteiger partial charge >= 0.3 is 0 Å². The summed E-state index contributed by atoms with van der Waals surface area (Å²) in [5.41, 5.74) is 0.852. The molecule has 24 heavy (non-hydrogen) atoms. The van der Waals surface area contributed by atoms with Crippen molar-refractivity contribution in [3.8, 4) is 11.5 Å². The summed E-state index contributed by atoms with van der Waals surface area (Å²) in [6.07, 6.45) is 1.85. The number of ether oxygens (including phenoxy) is 2. The normalized spacial score (nSPS) is 16.4. The van der Waals surface area contributed by atoms with Crippen LogP contribution in [0, 0.1) is 5.92 Å². The Balaban J connectivity index is 2.30. The summed E-state index contributed by atoms with van der Waals surface area (Å²) in [6, 6.07) is 5.64. The van der Waals surface area contributed by atoms with Gasteiger partial charge in [-0.2, -0.15) is 0 Å². The molecular formula is C18H23NO3S2. The van der Waals surface area contributed by atoms with Gasteiger partial charge in [-0.3, -0.25) is 9.69 Å². The summed E-state index contributed by atoms with van der Waals surface area (Å²) < 4.78 is 11.8. The Kier molecular flexibility index (Phi) is 6.69. The summed E-state index contributed by atoms with van der Waals surface area (Å²) in [4.78, 5) is 14.9. The Morgan fingerprint density at radius 2 is 1.96 bits per heavy atom. The van der Waals surface area contributed by atoms with E-state index in [0.717, 1.165) is 11.3 Å². The summed E-state index contributed by atoms with van der Waals surface area (Å²) in [5, 5.41) is 0. The highest BCUT2D eigenvalue weighted by Crippen LogP contribution is 2.35. The lowest BCUT2D eigenvalue weighted by Crippen LogP contribution is -2.31. The number of hydrogen-bond acceptors (Lipinski definition) is 5. The van der Waals surface area contributed by atoms with E-state index in [0.29, 0.717) is 40.7 Å². The third-order valence-corrected chi connectivity index (χ3v) is 4.68. The van der Waals surface area contributed by atoms with Crippen molar-refractivity contribution in [1.29, 1.82) is 0 Å². The molecule has 0 N–H and O–H groups in total. The van der Waals surface area contributed by atoms with Crippen LogP contribution in [0.1, 0.15) is 33.3 Å². The highest BCUT2D eigenvalue weighted by Gasteiger charge is 2.32. The molecule has 1 aliphatic rings. The number of amides is 1. The molecule has 1 amide bonds. The second kappa shape index (κ2) is 8.53. The number of carbonyl (C=O) groups excluding carboxylic acids is 1. The molecule has 0 atom stereocenters. The molecule has 130 valence electrons. The van der Waals surface area contributed by atoms with Gasteiger partial charge in [-0.25, -0.2) is 0 Å². The Bertz CT molecular complexity index is 656. The predicted molar refractivity (Wildman–Crippen MR) is 103 cm³/mol. The first-order valence-electron chi connectivity index (χ1n) is 8.11. The highest BCUT2D eigenvalue weighted by atomic mass is 32.2. The Morgan fingerprint density at radius 1 is 1.25 bits per heavy atom. The third kappa shape index (κ3) is 4.51. The van der Waals surface area contributed by atoms with Crippen LogP contribution < -0.4 is 9.47 Å². The van der Waals surface area contributed by atoms with E-state index in [1.54, 1.807) is 4.90 Å². The summed E-state index contributed by atoms with van der Waals surface area (Å²) in [7, 11) is 0. The first-order chi connectivity index (χ1) is 11.5. The zero-order valence-corrected chi connectivity index (χ0v) is 16.1. The van der Waals surface area contributed by atoms with Gasteiger partial charge in [-0.15, -0.1) is 0 Å². The van der Waals surface area contributed by atoms with Gasteiger partial charge in [-0.05, 0) is 38.0 Å². The minimum absolute atomic E-state index is 0.0324. The highest BCUT2D eigenvalue weighted by molar-refractivity contribution is 8.26. The van der Waals surface area contributed by atoms with E-state index in [4.69, 9.17) is 21.7 Å². The fourth-order valence-corrected chi connectivity index (χ4v) is 3.60. The minimum Gasteiger partial charge on any atom is -0.494 e. The first-order valence-corrected chi connectivity index (χ1v) is 9.33. The summed E-state index contributed by atoms with van der Waals surface area (Å²) in [5.74, 6) is 1.80. The fraction of sp³-hybridized carbons (Fsp3) is 0.444. The maximum absolute atomic E-state index is 12.6. The molecule has 0 aliphatic carbocycles. The molecule has 0 radical (unpaired) electrons. The average Bonchev–Trinajstić information content (AvgIpc) is 2.77. The second-order valence-corrected chi connectivity index (χ2v) is 7.43. The largest absolute Gasteiger partial charge is 0.494 e. The standard InChI is InChI=1S/C18H23NO3S2/c1-5-21-14-8-7-13(15(10-14)22-6-2)9-16-17(20)19(11-12(3)4)18(23)24-16/h7-10,12H,5-6,11H2,1-4H3/b16-9+. The smallest absolute Gasteiger partial charge is 0.266 e. The molecule has 2 rings (SSSR count). The fourth-order valence-electron chi connectivity index (χ4n) is 2.33. The van der Waals surface area contributed by atoms with Gasteiger partial charge in [0.15, 0.2) is 0 Å². The monoisotopic (exact) mass is 365 g/mol. The van der Waals surface area contributed by atoms with Gasteiger partial charge in [0.05, 0.1) is 18.1 Å².